The second-order valence-corrected chi connectivity index (χ2v) is 7.36. The summed E-state index contributed by atoms with van der Waals surface area (Å²) in [5.74, 6) is 2.44. The van der Waals surface area contributed by atoms with Crippen molar-refractivity contribution in [1.29, 1.82) is 0 Å². The number of nitrogens with zero attached hydrogens (tertiary/aromatic N) is 3. The van der Waals surface area contributed by atoms with Crippen LogP contribution in [0.1, 0.15) is 6.42 Å². The molecule has 0 saturated carbocycles. The van der Waals surface area contributed by atoms with Crippen molar-refractivity contribution >= 4 is 29.4 Å². The van der Waals surface area contributed by atoms with Gasteiger partial charge < -0.3 is 23.8 Å². The number of thioether (sulfide) groups is 1. The molecular formula is C19H19N5O5S. The molecule has 10 nitrogen and oxygen atoms in total. The zero-order chi connectivity index (χ0) is 20.9. The molecule has 3 heterocycles. The Labute approximate surface area is 175 Å². The standard InChI is InChI=1S/C19H19N5O5S/c1-24-17(14-3-2-7-27-14)22-23-19(24)30-10-6-16(25)21-18(26)20-12-4-5-13-15(11-12)29-9-8-28-13/h2-5,7,11H,6,8-10H2,1H3,(H2,20,21,25,26). The van der Waals surface area contributed by atoms with Crippen LogP contribution in [0.15, 0.2) is 46.2 Å². The SMILES string of the molecule is Cn1c(SCCC(=O)NC(=O)Nc2ccc3c(c2)OCCO3)nnc1-c1ccco1. The van der Waals surface area contributed by atoms with Gasteiger partial charge in [-0.1, -0.05) is 11.8 Å². The molecule has 0 spiro atoms. The number of carbonyl (C=O) groups excluding carboxylic acids is 2. The minimum absolute atomic E-state index is 0.141. The maximum absolute atomic E-state index is 12.1. The molecule has 1 aliphatic heterocycles. The van der Waals surface area contributed by atoms with Gasteiger partial charge >= 0.3 is 6.03 Å². The lowest BCUT2D eigenvalue weighted by Crippen LogP contribution is -2.34. The highest BCUT2D eigenvalue weighted by molar-refractivity contribution is 7.99. The van der Waals surface area contributed by atoms with Gasteiger partial charge in [0.2, 0.25) is 5.91 Å². The topological polar surface area (TPSA) is 121 Å². The quantitative estimate of drug-likeness (QED) is 0.574. The molecule has 30 heavy (non-hydrogen) atoms. The summed E-state index contributed by atoms with van der Waals surface area (Å²) in [7, 11) is 1.82. The van der Waals surface area contributed by atoms with Crippen LogP contribution in [0.3, 0.4) is 0 Å². The van der Waals surface area contributed by atoms with Crippen molar-refractivity contribution in [2.75, 3.05) is 24.3 Å². The fraction of sp³-hybridized carbons (Fsp3) is 0.263. The molecule has 0 saturated heterocycles. The summed E-state index contributed by atoms with van der Waals surface area (Å²) in [6, 6.07) is 8.00. The number of amides is 3. The van der Waals surface area contributed by atoms with E-state index in [-0.39, 0.29) is 6.42 Å². The number of nitrogens with one attached hydrogen (secondary N) is 2. The van der Waals surface area contributed by atoms with Crippen molar-refractivity contribution in [2.45, 2.75) is 11.6 Å². The average Bonchev–Trinajstić information content (AvgIpc) is 3.38. The van der Waals surface area contributed by atoms with Crippen LogP contribution in [0.25, 0.3) is 11.6 Å². The number of fused-ring (bicyclic) bond motifs is 1. The summed E-state index contributed by atoms with van der Waals surface area (Å²) in [5, 5.41) is 13.8. The Kier molecular flexibility index (Phi) is 5.89. The van der Waals surface area contributed by atoms with Gasteiger partial charge in [-0.25, -0.2) is 4.79 Å². The van der Waals surface area contributed by atoms with Gasteiger partial charge in [0.15, 0.2) is 28.2 Å². The Bertz CT molecular complexity index is 1050. The molecule has 0 fully saturated rings. The summed E-state index contributed by atoms with van der Waals surface area (Å²) in [6.07, 6.45) is 1.71. The summed E-state index contributed by atoms with van der Waals surface area (Å²) >= 11 is 1.36. The van der Waals surface area contributed by atoms with E-state index in [2.05, 4.69) is 20.8 Å². The van der Waals surface area contributed by atoms with Crippen molar-refractivity contribution < 1.29 is 23.5 Å². The Morgan fingerprint density at radius 2 is 2.00 bits per heavy atom. The number of imide groups is 1. The average molecular weight is 429 g/mol. The van der Waals surface area contributed by atoms with Crippen LogP contribution in [0.5, 0.6) is 11.5 Å². The molecule has 156 valence electrons. The summed E-state index contributed by atoms with van der Waals surface area (Å²) < 4.78 is 18.0. The normalized spacial score (nSPS) is 12.4. The van der Waals surface area contributed by atoms with Crippen molar-refractivity contribution in [2.24, 2.45) is 7.05 Å². The number of hydrogen-bond acceptors (Lipinski definition) is 8. The second-order valence-electron chi connectivity index (χ2n) is 6.30. The highest BCUT2D eigenvalue weighted by Gasteiger charge is 2.15. The van der Waals surface area contributed by atoms with Crippen molar-refractivity contribution in [1.82, 2.24) is 20.1 Å². The summed E-state index contributed by atoms with van der Waals surface area (Å²) in [4.78, 5) is 24.1. The fourth-order valence-corrected chi connectivity index (χ4v) is 3.62. The predicted molar refractivity (Wildman–Crippen MR) is 109 cm³/mol. The summed E-state index contributed by atoms with van der Waals surface area (Å²) in [6.45, 7) is 0.943. The van der Waals surface area contributed by atoms with Gasteiger partial charge in [0.25, 0.3) is 0 Å². The van der Waals surface area contributed by atoms with Gasteiger partial charge in [0.1, 0.15) is 13.2 Å². The van der Waals surface area contributed by atoms with Crippen LogP contribution in [-0.2, 0) is 11.8 Å². The van der Waals surface area contributed by atoms with Crippen LogP contribution in [0.4, 0.5) is 10.5 Å². The zero-order valence-electron chi connectivity index (χ0n) is 16.1. The molecule has 2 N–H and O–H groups in total. The Hall–Kier alpha value is -3.47. The molecule has 0 radical (unpaired) electrons. The molecule has 11 heteroatoms. The smallest absolute Gasteiger partial charge is 0.325 e. The zero-order valence-corrected chi connectivity index (χ0v) is 16.9. The predicted octanol–water partition coefficient (Wildman–Crippen LogP) is 2.68. The number of aromatic nitrogens is 3. The van der Waals surface area contributed by atoms with Gasteiger partial charge in [0, 0.05) is 31.0 Å². The first-order valence-electron chi connectivity index (χ1n) is 9.17. The van der Waals surface area contributed by atoms with E-state index >= 15 is 0 Å². The Morgan fingerprint density at radius 1 is 1.17 bits per heavy atom. The van der Waals surface area contributed by atoms with Crippen LogP contribution < -0.4 is 20.1 Å². The third kappa shape index (κ3) is 4.57. The molecule has 4 rings (SSSR count). The Morgan fingerprint density at radius 3 is 2.80 bits per heavy atom. The highest BCUT2D eigenvalue weighted by Crippen LogP contribution is 2.32. The minimum Gasteiger partial charge on any atom is -0.486 e. The maximum atomic E-state index is 12.1. The number of rotatable bonds is 6. The van der Waals surface area contributed by atoms with E-state index < -0.39 is 11.9 Å². The first-order valence-corrected chi connectivity index (χ1v) is 10.2. The van der Waals surface area contributed by atoms with Crippen molar-refractivity contribution in [3.63, 3.8) is 0 Å². The number of anilines is 1. The number of urea groups is 1. The van der Waals surface area contributed by atoms with Crippen LogP contribution in [0, 0.1) is 0 Å². The third-order valence-electron chi connectivity index (χ3n) is 4.19. The van der Waals surface area contributed by atoms with Gasteiger partial charge in [0.05, 0.1) is 6.26 Å². The molecule has 1 aromatic carbocycles. The lowest BCUT2D eigenvalue weighted by Gasteiger charge is -2.19. The number of carbonyl (C=O) groups is 2. The highest BCUT2D eigenvalue weighted by atomic mass is 32.2. The van der Waals surface area contributed by atoms with Crippen LogP contribution in [0.2, 0.25) is 0 Å². The molecule has 0 unspecified atom stereocenters. The fourth-order valence-electron chi connectivity index (χ4n) is 2.77. The Balaban J connectivity index is 1.24. The largest absolute Gasteiger partial charge is 0.486 e. The van der Waals surface area contributed by atoms with E-state index in [1.54, 1.807) is 41.2 Å². The van der Waals surface area contributed by atoms with Gasteiger partial charge in [-0.15, -0.1) is 10.2 Å². The van der Waals surface area contributed by atoms with E-state index in [1.807, 2.05) is 7.05 Å². The van der Waals surface area contributed by atoms with Crippen LogP contribution >= 0.6 is 11.8 Å². The maximum Gasteiger partial charge on any atom is 0.325 e. The molecule has 2 aromatic heterocycles. The first kappa shape index (κ1) is 19.8. The monoisotopic (exact) mass is 429 g/mol. The number of ether oxygens (including phenoxy) is 2. The van der Waals surface area contributed by atoms with E-state index in [1.165, 1.54) is 11.8 Å². The number of hydrogen-bond donors (Lipinski definition) is 2. The van der Waals surface area contributed by atoms with Crippen molar-refractivity contribution in [3.05, 3.63) is 36.6 Å². The molecule has 0 aliphatic carbocycles. The van der Waals surface area contributed by atoms with Gasteiger partial charge in [-0.3, -0.25) is 10.1 Å². The summed E-state index contributed by atoms with van der Waals surface area (Å²) in [5.41, 5.74) is 0.503. The second kappa shape index (κ2) is 8.91. The first-order chi connectivity index (χ1) is 14.6. The van der Waals surface area contributed by atoms with E-state index in [0.717, 1.165) is 0 Å². The number of benzene rings is 1. The molecule has 3 aromatic rings. The van der Waals surface area contributed by atoms with Crippen molar-refractivity contribution in [3.8, 4) is 23.1 Å². The lowest BCUT2D eigenvalue weighted by atomic mass is 10.2. The molecule has 1 aliphatic rings. The van der Waals surface area contributed by atoms with E-state index in [9.17, 15) is 9.59 Å². The number of furan rings is 1. The molecule has 3 amide bonds. The van der Waals surface area contributed by atoms with Gasteiger partial charge in [-0.2, -0.15) is 0 Å². The molecule has 0 bridgehead atoms. The van der Waals surface area contributed by atoms with E-state index in [0.29, 0.717) is 52.9 Å². The third-order valence-corrected chi connectivity index (χ3v) is 5.21. The molecule has 0 atom stereocenters. The van der Waals surface area contributed by atoms with Crippen LogP contribution in [-0.4, -0.2) is 45.7 Å². The van der Waals surface area contributed by atoms with Gasteiger partial charge in [-0.05, 0) is 24.3 Å². The van der Waals surface area contributed by atoms with E-state index in [4.69, 9.17) is 13.9 Å². The lowest BCUT2D eigenvalue weighted by molar-refractivity contribution is -0.119. The molecular weight excluding hydrogens is 410 g/mol. The minimum atomic E-state index is -0.611.